The van der Waals surface area contributed by atoms with E-state index in [0.29, 0.717) is 6.61 Å². The number of piperidine rings is 1. The molecule has 0 radical (unpaired) electrons. The van der Waals surface area contributed by atoms with E-state index in [1.807, 2.05) is 6.07 Å². The van der Waals surface area contributed by atoms with Gasteiger partial charge in [0.1, 0.15) is 12.4 Å². The highest BCUT2D eigenvalue weighted by atomic mass is 16.5. The molecule has 2 aliphatic heterocycles. The van der Waals surface area contributed by atoms with Crippen LogP contribution in [0.1, 0.15) is 31.7 Å². The van der Waals surface area contributed by atoms with Crippen LogP contribution in [0.4, 0.5) is 0 Å². The van der Waals surface area contributed by atoms with Crippen molar-refractivity contribution in [3.05, 3.63) is 29.8 Å². The minimum atomic E-state index is 0.0878. The number of aliphatic hydroxyl groups is 1. The van der Waals surface area contributed by atoms with Crippen LogP contribution in [0.25, 0.3) is 0 Å². The highest BCUT2D eigenvalue weighted by molar-refractivity contribution is 5.28. The molecule has 1 N–H and O–H groups in total. The Morgan fingerprint density at radius 2 is 2.04 bits per heavy atom. The Hall–Kier alpha value is -1.14. The summed E-state index contributed by atoms with van der Waals surface area (Å²) in [5.74, 6) is 0.955. The zero-order valence-corrected chi connectivity index (χ0v) is 16.2. The number of rotatable bonds is 8. The van der Waals surface area contributed by atoms with E-state index in [1.165, 1.54) is 12.0 Å². The minimum Gasteiger partial charge on any atom is -0.492 e. The van der Waals surface area contributed by atoms with Crippen molar-refractivity contribution in [2.24, 2.45) is 5.41 Å². The molecule has 1 atom stereocenters. The quantitative estimate of drug-likeness (QED) is 0.769. The van der Waals surface area contributed by atoms with Crippen LogP contribution in [-0.4, -0.2) is 74.1 Å². The van der Waals surface area contributed by atoms with E-state index in [9.17, 15) is 5.11 Å². The van der Waals surface area contributed by atoms with Gasteiger partial charge in [0.05, 0.1) is 13.2 Å². The molecule has 3 rings (SSSR count). The Bertz CT molecular complexity index is 542. The molecule has 146 valence electrons. The third-order valence-corrected chi connectivity index (χ3v) is 5.91. The lowest BCUT2D eigenvalue weighted by atomic mass is 9.78. The van der Waals surface area contributed by atoms with E-state index in [2.05, 4.69) is 34.9 Å². The van der Waals surface area contributed by atoms with Gasteiger partial charge in [0.2, 0.25) is 0 Å². The van der Waals surface area contributed by atoms with Crippen molar-refractivity contribution in [3.63, 3.8) is 0 Å². The summed E-state index contributed by atoms with van der Waals surface area (Å²) in [5, 5.41) is 9.82. The zero-order valence-electron chi connectivity index (χ0n) is 16.2. The van der Waals surface area contributed by atoms with Gasteiger partial charge in [0.15, 0.2) is 0 Å². The number of morpholine rings is 1. The van der Waals surface area contributed by atoms with Crippen molar-refractivity contribution in [3.8, 4) is 5.75 Å². The molecule has 0 unspecified atom stereocenters. The summed E-state index contributed by atoms with van der Waals surface area (Å²) in [4.78, 5) is 4.87. The van der Waals surface area contributed by atoms with E-state index >= 15 is 0 Å². The van der Waals surface area contributed by atoms with Gasteiger partial charge in [-0.05, 0) is 43.5 Å². The maximum Gasteiger partial charge on any atom is 0.119 e. The molecule has 0 aromatic heterocycles. The SMILES string of the molecule is CC[C@]1(CO)CCCN(Cc2cccc(OCCN3CCOCC3)c2)C1. The highest BCUT2D eigenvalue weighted by Gasteiger charge is 2.33. The Kier molecular flexibility index (Phi) is 7.32. The molecule has 0 spiro atoms. The van der Waals surface area contributed by atoms with Crippen LogP contribution in [0.3, 0.4) is 0 Å². The molecule has 2 saturated heterocycles. The predicted octanol–water partition coefficient (Wildman–Crippen LogP) is 2.38. The maximum absolute atomic E-state index is 9.82. The molecule has 1 aromatic carbocycles. The highest BCUT2D eigenvalue weighted by Crippen LogP contribution is 2.33. The normalized spacial score (nSPS) is 25.3. The van der Waals surface area contributed by atoms with Crippen molar-refractivity contribution < 1.29 is 14.6 Å². The second-order valence-electron chi connectivity index (χ2n) is 7.78. The lowest BCUT2D eigenvalue weighted by molar-refractivity contribution is 0.0257. The molecule has 2 heterocycles. The van der Waals surface area contributed by atoms with Gasteiger partial charge in [-0.15, -0.1) is 0 Å². The first-order valence-electron chi connectivity index (χ1n) is 10.1. The number of ether oxygens (including phenoxy) is 2. The van der Waals surface area contributed by atoms with Crippen molar-refractivity contribution in [1.82, 2.24) is 9.80 Å². The summed E-state index contributed by atoms with van der Waals surface area (Å²) < 4.78 is 11.4. The molecule has 0 bridgehead atoms. The van der Waals surface area contributed by atoms with Gasteiger partial charge in [-0.2, -0.15) is 0 Å². The maximum atomic E-state index is 9.82. The number of hydrogen-bond acceptors (Lipinski definition) is 5. The fourth-order valence-corrected chi connectivity index (χ4v) is 4.08. The van der Waals surface area contributed by atoms with Gasteiger partial charge in [-0.3, -0.25) is 9.80 Å². The number of benzene rings is 1. The van der Waals surface area contributed by atoms with Crippen LogP contribution in [0.15, 0.2) is 24.3 Å². The van der Waals surface area contributed by atoms with Gasteiger partial charge in [-0.1, -0.05) is 19.1 Å². The van der Waals surface area contributed by atoms with E-state index in [1.54, 1.807) is 0 Å². The molecule has 1 aromatic rings. The first-order valence-corrected chi connectivity index (χ1v) is 10.1. The molecule has 2 fully saturated rings. The Morgan fingerprint density at radius 3 is 2.81 bits per heavy atom. The van der Waals surface area contributed by atoms with Crippen LogP contribution in [-0.2, 0) is 11.3 Å². The molecule has 5 nitrogen and oxygen atoms in total. The van der Waals surface area contributed by atoms with Crippen molar-refractivity contribution in [1.29, 1.82) is 0 Å². The lowest BCUT2D eigenvalue weighted by Gasteiger charge is -2.41. The summed E-state index contributed by atoms with van der Waals surface area (Å²) in [7, 11) is 0. The second-order valence-corrected chi connectivity index (χ2v) is 7.78. The molecule has 0 amide bonds. The summed E-state index contributed by atoms with van der Waals surface area (Å²) >= 11 is 0. The number of hydrogen-bond donors (Lipinski definition) is 1. The van der Waals surface area contributed by atoms with Gasteiger partial charge in [0.25, 0.3) is 0 Å². The molecule has 5 heteroatoms. The van der Waals surface area contributed by atoms with Crippen LogP contribution < -0.4 is 4.74 Å². The topological polar surface area (TPSA) is 45.2 Å². The molecular formula is C21H34N2O3. The standard InChI is InChI=1S/C21H34N2O3/c1-2-21(18-24)7-4-8-23(17-21)16-19-5-3-6-20(15-19)26-14-11-22-9-12-25-13-10-22/h3,5-6,15,24H,2,4,7-14,16-18H2,1H3/t21-/m0/s1. The van der Waals surface area contributed by atoms with Gasteiger partial charge in [0, 0.05) is 44.7 Å². The summed E-state index contributed by atoms with van der Waals surface area (Å²) in [6.45, 7) is 10.9. The van der Waals surface area contributed by atoms with Crippen molar-refractivity contribution >= 4 is 0 Å². The van der Waals surface area contributed by atoms with Crippen LogP contribution >= 0.6 is 0 Å². The summed E-state index contributed by atoms with van der Waals surface area (Å²) in [6.07, 6.45) is 3.36. The van der Waals surface area contributed by atoms with Gasteiger partial charge in [-0.25, -0.2) is 0 Å². The zero-order chi connectivity index (χ0) is 18.2. The fourth-order valence-electron chi connectivity index (χ4n) is 4.08. The number of likely N-dealkylation sites (tertiary alicyclic amines) is 1. The molecular weight excluding hydrogens is 328 g/mol. The second kappa shape index (κ2) is 9.70. The van der Waals surface area contributed by atoms with Crippen LogP contribution in [0.2, 0.25) is 0 Å². The number of nitrogens with zero attached hydrogens (tertiary/aromatic N) is 2. The van der Waals surface area contributed by atoms with Gasteiger partial charge >= 0.3 is 0 Å². The van der Waals surface area contributed by atoms with E-state index < -0.39 is 0 Å². The number of aliphatic hydroxyl groups excluding tert-OH is 1. The van der Waals surface area contributed by atoms with E-state index in [-0.39, 0.29) is 5.41 Å². The van der Waals surface area contributed by atoms with Crippen LogP contribution in [0, 0.1) is 5.41 Å². The smallest absolute Gasteiger partial charge is 0.119 e. The first-order chi connectivity index (χ1) is 12.7. The first kappa shape index (κ1) is 19.6. The largest absolute Gasteiger partial charge is 0.492 e. The summed E-state index contributed by atoms with van der Waals surface area (Å²) in [6, 6.07) is 8.47. The predicted molar refractivity (Wildman–Crippen MR) is 104 cm³/mol. The minimum absolute atomic E-state index is 0.0878. The lowest BCUT2D eigenvalue weighted by Crippen LogP contribution is -2.44. The molecule has 2 aliphatic rings. The molecule has 0 aliphatic carbocycles. The van der Waals surface area contributed by atoms with Gasteiger partial charge < -0.3 is 14.6 Å². The monoisotopic (exact) mass is 362 g/mol. The Labute approximate surface area is 157 Å². The van der Waals surface area contributed by atoms with E-state index in [4.69, 9.17) is 9.47 Å². The fraction of sp³-hybridized carbons (Fsp3) is 0.714. The molecule has 0 saturated carbocycles. The third-order valence-electron chi connectivity index (χ3n) is 5.91. The average molecular weight is 363 g/mol. The van der Waals surface area contributed by atoms with Crippen molar-refractivity contribution in [2.45, 2.75) is 32.7 Å². The Balaban J connectivity index is 1.49. The molecule has 26 heavy (non-hydrogen) atoms. The third kappa shape index (κ3) is 5.43. The summed E-state index contributed by atoms with van der Waals surface area (Å²) in [5.41, 5.74) is 1.38. The van der Waals surface area contributed by atoms with Crippen molar-refractivity contribution in [2.75, 3.05) is 59.2 Å². The van der Waals surface area contributed by atoms with Crippen LogP contribution in [0.5, 0.6) is 5.75 Å². The Morgan fingerprint density at radius 1 is 1.19 bits per heavy atom. The average Bonchev–Trinajstić information content (AvgIpc) is 2.69. The van der Waals surface area contributed by atoms with E-state index in [0.717, 1.165) is 77.7 Å².